The molecule has 0 radical (unpaired) electrons. The summed E-state index contributed by atoms with van der Waals surface area (Å²) in [5, 5.41) is 8.94. The van der Waals surface area contributed by atoms with Gasteiger partial charge in [-0.15, -0.1) is 0 Å². The number of carbonyl (C=O) groups is 1. The van der Waals surface area contributed by atoms with Crippen molar-refractivity contribution >= 4 is 5.91 Å². The Morgan fingerprint density at radius 1 is 1.33 bits per heavy atom. The van der Waals surface area contributed by atoms with Crippen LogP contribution in [0, 0.1) is 11.3 Å². The molecule has 2 atom stereocenters. The molecule has 1 saturated heterocycles. The van der Waals surface area contributed by atoms with E-state index in [-0.39, 0.29) is 11.9 Å². The highest BCUT2D eigenvalue weighted by atomic mass is 16.2. The third-order valence-electron chi connectivity index (χ3n) is 4.59. The predicted molar refractivity (Wildman–Crippen MR) is 69.8 cm³/mol. The van der Waals surface area contributed by atoms with Gasteiger partial charge in [0.25, 0.3) is 0 Å². The van der Waals surface area contributed by atoms with Crippen LogP contribution in [-0.4, -0.2) is 47.4 Å². The Hall–Kier alpha value is -1.08. The van der Waals surface area contributed by atoms with Crippen molar-refractivity contribution < 1.29 is 4.79 Å². The minimum absolute atomic E-state index is 0.176. The molecule has 1 aliphatic carbocycles. The number of nitriles is 1. The van der Waals surface area contributed by atoms with Crippen LogP contribution in [-0.2, 0) is 4.79 Å². The number of rotatable bonds is 2. The van der Waals surface area contributed by atoms with E-state index in [0.717, 1.165) is 25.8 Å². The number of carbonyl (C=O) groups excluding carboxylic acids is 1. The number of hydrogen-bond acceptors (Lipinski definition) is 3. The molecule has 1 saturated carbocycles. The topological polar surface area (TPSA) is 47.3 Å². The standard InChI is InChI=1S/C14H23N3O/c1-11-8-10-17(12-5-3-4-6-12)14(18)13(7-9-15)16(11)2/h11-13H,3-8,10H2,1-2H3. The first-order valence-corrected chi connectivity index (χ1v) is 7.04. The largest absolute Gasteiger partial charge is 0.338 e. The molecule has 1 aliphatic heterocycles. The summed E-state index contributed by atoms with van der Waals surface area (Å²) < 4.78 is 0. The van der Waals surface area contributed by atoms with Gasteiger partial charge in [0.2, 0.25) is 5.91 Å². The summed E-state index contributed by atoms with van der Waals surface area (Å²) in [6, 6.07) is 2.73. The number of amides is 1. The van der Waals surface area contributed by atoms with Crippen molar-refractivity contribution in [3.63, 3.8) is 0 Å². The molecule has 2 aliphatic rings. The molecule has 0 N–H and O–H groups in total. The molecule has 18 heavy (non-hydrogen) atoms. The lowest BCUT2D eigenvalue weighted by Gasteiger charge is -2.31. The van der Waals surface area contributed by atoms with Crippen molar-refractivity contribution in [2.24, 2.45) is 0 Å². The highest BCUT2D eigenvalue weighted by Gasteiger charge is 2.37. The van der Waals surface area contributed by atoms with E-state index in [1.165, 1.54) is 12.8 Å². The van der Waals surface area contributed by atoms with E-state index in [2.05, 4.69) is 22.8 Å². The fourth-order valence-electron chi connectivity index (χ4n) is 3.21. The third-order valence-corrected chi connectivity index (χ3v) is 4.59. The number of nitrogens with zero attached hydrogens (tertiary/aromatic N) is 3. The van der Waals surface area contributed by atoms with Gasteiger partial charge < -0.3 is 4.90 Å². The van der Waals surface area contributed by atoms with E-state index >= 15 is 0 Å². The normalized spacial score (nSPS) is 31.4. The van der Waals surface area contributed by atoms with Gasteiger partial charge in [0.05, 0.1) is 12.5 Å². The second kappa shape index (κ2) is 5.71. The fourth-order valence-corrected chi connectivity index (χ4v) is 3.21. The van der Waals surface area contributed by atoms with Crippen LogP contribution in [0.1, 0.15) is 45.4 Å². The summed E-state index contributed by atoms with van der Waals surface area (Å²) >= 11 is 0. The molecular weight excluding hydrogens is 226 g/mol. The van der Waals surface area contributed by atoms with Crippen molar-refractivity contribution in [1.29, 1.82) is 5.26 Å². The van der Waals surface area contributed by atoms with Crippen molar-refractivity contribution in [1.82, 2.24) is 9.80 Å². The Labute approximate surface area is 110 Å². The quantitative estimate of drug-likeness (QED) is 0.749. The smallest absolute Gasteiger partial charge is 0.241 e. The van der Waals surface area contributed by atoms with Crippen LogP contribution in [0.4, 0.5) is 0 Å². The lowest BCUT2D eigenvalue weighted by molar-refractivity contribution is -0.137. The Morgan fingerprint density at radius 2 is 2.00 bits per heavy atom. The van der Waals surface area contributed by atoms with Gasteiger partial charge in [0.1, 0.15) is 6.04 Å². The first-order chi connectivity index (χ1) is 8.65. The Kier molecular flexibility index (Phi) is 4.23. The van der Waals surface area contributed by atoms with Crippen LogP contribution in [0.15, 0.2) is 0 Å². The van der Waals surface area contributed by atoms with Crippen LogP contribution >= 0.6 is 0 Å². The van der Waals surface area contributed by atoms with Crippen molar-refractivity contribution in [3.8, 4) is 6.07 Å². The average Bonchev–Trinajstić information content (AvgIpc) is 2.85. The summed E-state index contributed by atoms with van der Waals surface area (Å²) in [5.74, 6) is 0.176. The van der Waals surface area contributed by atoms with E-state index in [1.54, 1.807) is 0 Å². The molecule has 0 aromatic heterocycles. The summed E-state index contributed by atoms with van der Waals surface area (Å²) in [6.07, 6.45) is 6.08. The minimum atomic E-state index is -0.243. The second-order valence-electron chi connectivity index (χ2n) is 5.65. The fraction of sp³-hybridized carbons (Fsp3) is 0.857. The maximum Gasteiger partial charge on any atom is 0.241 e. The monoisotopic (exact) mass is 249 g/mol. The zero-order chi connectivity index (χ0) is 13.1. The van der Waals surface area contributed by atoms with E-state index < -0.39 is 0 Å². The summed E-state index contributed by atoms with van der Waals surface area (Å²) in [5.41, 5.74) is 0. The summed E-state index contributed by atoms with van der Waals surface area (Å²) in [7, 11) is 1.97. The van der Waals surface area contributed by atoms with E-state index in [1.807, 2.05) is 7.05 Å². The second-order valence-corrected chi connectivity index (χ2v) is 5.65. The molecular formula is C14H23N3O. The number of likely N-dealkylation sites (N-methyl/N-ethyl adjacent to an activating group) is 1. The van der Waals surface area contributed by atoms with Crippen LogP contribution in [0.2, 0.25) is 0 Å². The lowest BCUT2D eigenvalue weighted by Crippen LogP contribution is -2.48. The zero-order valence-corrected chi connectivity index (χ0v) is 11.4. The first kappa shape index (κ1) is 13.4. The Bertz CT molecular complexity index is 343. The summed E-state index contributed by atoms with van der Waals surface area (Å²) in [4.78, 5) is 16.8. The molecule has 2 unspecified atom stereocenters. The van der Waals surface area contributed by atoms with E-state index in [0.29, 0.717) is 18.5 Å². The first-order valence-electron chi connectivity index (χ1n) is 7.04. The lowest BCUT2D eigenvalue weighted by atomic mass is 10.1. The molecule has 4 heteroatoms. The Morgan fingerprint density at radius 3 is 2.61 bits per heavy atom. The van der Waals surface area contributed by atoms with Crippen molar-refractivity contribution in [2.45, 2.75) is 63.6 Å². The van der Waals surface area contributed by atoms with E-state index in [9.17, 15) is 4.79 Å². The van der Waals surface area contributed by atoms with Crippen molar-refractivity contribution in [3.05, 3.63) is 0 Å². The SMILES string of the molecule is CC1CCN(C2CCCC2)C(=O)C(CC#N)N1C. The van der Waals surface area contributed by atoms with Gasteiger partial charge in [-0.1, -0.05) is 12.8 Å². The Balaban J connectivity index is 2.16. The van der Waals surface area contributed by atoms with Gasteiger partial charge in [-0.05, 0) is 33.2 Å². The molecule has 0 spiro atoms. The maximum absolute atomic E-state index is 12.6. The van der Waals surface area contributed by atoms with Gasteiger partial charge in [0, 0.05) is 18.6 Å². The van der Waals surface area contributed by atoms with Gasteiger partial charge in [-0.2, -0.15) is 5.26 Å². The molecule has 2 rings (SSSR count). The van der Waals surface area contributed by atoms with Crippen LogP contribution in [0.5, 0.6) is 0 Å². The van der Waals surface area contributed by atoms with Gasteiger partial charge in [-0.25, -0.2) is 0 Å². The van der Waals surface area contributed by atoms with Gasteiger partial charge in [0.15, 0.2) is 0 Å². The van der Waals surface area contributed by atoms with Gasteiger partial charge in [-0.3, -0.25) is 9.69 Å². The summed E-state index contributed by atoms with van der Waals surface area (Å²) in [6.45, 7) is 3.01. The number of hydrogen-bond donors (Lipinski definition) is 0. The molecule has 4 nitrogen and oxygen atoms in total. The molecule has 0 aromatic rings. The predicted octanol–water partition coefficient (Wildman–Crippen LogP) is 1.76. The van der Waals surface area contributed by atoms with Crippen LogP contribution in [0.3, 0.4) is 0 Å². The third kappa shape index (κ3) is 2.51. The highest BCUT2D eigenvalue weighted by molar-refractivity contribution is 5.82. The van der Waals surface area contributed by atoms with Crippen molar-refractivity contribution in [2.75, 3.05) is 13.6 Å². The average molecular weight is 249 g/mol. The molecule has 0 aromatic carbocycles. The van der Waals surface area contributed by atoms with Gasteiger partial charge >= 0.3 is 0 Å². The minimum Gasteiger partial charge on any atom is -0.338 e. The molecule has 2 fully saturated rings. The zero-order valence-electron chi connectivity index (χ0n) is 11.4. The highest BCUT2D eigenvalue weighted by Crippen LogP contribution is 2.27. The molecule has 100 valence electrons. The molecule has 1 amide bonds. The van der Waals surface area contributed by atoms with Crippen LogP contribution < -0.4 is 0 Å². The van der Waals surface area contributed by atoms with E-state index in [4.69, 9.17) is 5.26 Å². The molecule has 1 heterocycles. The molecule has 0 bridgehead atoms. The van der Waals surface area contributed by atoms with Crippen LogP contribution in [0.25, 0.3) is 0 Å². The maximum atomic E-state index is 12.6.